The van der Waals surface area contributed by atoms with Crippen molar-refractivity contribution in [2.24, 2.45) is 0 Å². The Hall–Kier alpha value is -2.37. The minimum absolute atomic E-state index is 0.234. The average Bonchev–Trinajstić information content (AvgIpc) is 3.06. The summed E-state index contributed by atoms with van der Waals surface area (Å²) in [5.74, 6) is 0.562. The number of hydrogen-bond acceptors (Lipinski definition) is 4. The summed E-state index contributed by atoms with van der Waals surface area (Å²) in [7, 11) is 0. The third kappa shape index (κ3) is 2.48. The summed E-state index contributed by atoms with van der Waals surface area (Å²) >= 11 is 12.5. The number of nitrogens with one attached hydrogen (secondary N) is 1. The number of halogens is 2. The summed E-state index contributed by atoms with van der Waals surface area (Å²) in [6.07, 6.45) is 2.04. The van der Waals surface area contributed by atoms with Crippen LogP contribution in [0.5, 0.6) is 0 Å². The van der Waals surface area contributed by atoms with Gasteiger partial charge in [0.25, 0.3) is 0 Å². The van der Waals surface area contributed by atoms with Crippen molar-refractivity contribution in [1.82, 2.24) is 20.2 Å². The minimum atomic E-state index is -0.234. The highest BCUT2D eigenvalue weighted by molar-refractivity contribution is 6.42. The van der Waals surface area contributed by atoms with Crippen LogP contribution >= 0.6 is 23.2 Å². The Balaban J connectivity index is 1.87. The number of hydrogen-bond donors (Lipinski definition) is 1. The molecule has 3 aromatic rings. The number of fused-ring (bicyclic) bond motifs is 1. The Bertz CT molecular complexity index is 888. The van der Waals surface area contributed by atoms with Crippen molar-refractivity contribution >= 4 is 34.8 Å². The van der Waals surface area contributed by atoms with Gasteiger partial charge in [-0.2, -0.15) is 4.68 Å². The van der Waals surface area contributed by atoms with Crippen molar-refractivity contribution in [3.63, 3.8) is 0 Å². The molecule has 0 fully saturated rings. The molecule has 0 radical (unpaired) electrons. The summed E-state index contributed by atoms with van der Waals surface area (Å²) in [6, 6.07) is 15.3. The molecule has 1 aromatic heterocycles. The number of aromatic nitrogens is 4. The number of anilines is 1. The fraction of sp³-hybridized carbons (Fsp3) is 0.0625. The second-order valence-electron chi connectivity index (χ2n) is 5.11. The number of benzene rings is 2. The van der Waals surface area contributed by atoms with E-state index in [1.807, 2.05) is 48.5 Å². The van der Waals surface area contributed by atoms with Crippen LogP contribution in [-0.4, -0.2) is 20.2 Å². The maximum absolute atomic E-state index is 6.39. The Kier molecular flexibility index (Phi) is 3.52. The van der Waals surface area contributed by atoms with E-state index in [0.717, 1.165) is 16.8 Å². The van der Waals surface area contributed by atoms with Crippen LogP contribution in [0.4, 0.5) is 5.95 Å². The van der Waals surface area contributed by atoms with Crippen LogP contribution < -0.4 is 5.32 Å². The standard InChI is InChI=1S/C16H11Cl2N5/c17-12-8-4-7-11(15(12)18)14-9-13(10-5-2-1-3-6-10)19-16-20-21-22-23(14)16/h1-9,14H,(H,19,20,22). The average molecular weight is 344 g/mol. The van der Waals surface area contributed by atoms with Gasteiger partial charge in [-0.05, 0) is 28.1 Å². The molecule has 0 bridgehead atoms. The van der Waals surface area contributed by atoms with Crippen molar-refractivity contribution < 1.29 is 0 Å². The molecule has 2 heterocycles. The zero-order chi connectivity index (χ0) is 15.8. The predicted molar refractivity (Wildman–Crippen MR) is 90.5 cm³/mol. The summed E-state index contributed by atoms with van der Waals surface area (Å²) in [5, 5.41) is 16.1. The predicted octanol–water partition coefficient (Wildman–Crippen LogP) is 4.04. The van der Waals surface area contributed by atoms with Crippen LogP contribution in [0.25, 0.3) is 5.70 Å². The molecule has 0 spiro atoms. The smallest absolute Gasteiger partial charge is 0.248 e. The highest BCUT2D eigenvalue weighted by Gasteiger charge is 2.26. The lowest BCUT2D eigenvalue weighted by Crippen LogP contribution is -2.20. The van der Waals surface area contributed by atoms with Crippen molar-refractivity contribution in [3.05, 3.63) is 75.8 Å². The van der Waals surface area contributed by atoms with E-state index in [0.29, 0.717) is 16.0 Å². The largest absolute Gasteiger partial charge is 0.323 e. The summed E-state index contributed by atoms with van der Waals surface area (Å²) < 4.78 is 1.68. The summed E-state index contributed by atoms with van der Waals surface area (Å²) in [5.41, 5.74) is 2.82. The molecule has 4 rings (SSSR count). The molecule has 5 nitrogen and oxygen atoms in total. The number of rotatable bonds is 2. The van der Waals surface area contributed by atoms with Gasteiger partial charge in [0, 0.05) is 11.3 Å². The van der Waals surface area contributed by atoms with Crippen LogP contribution in [0.1, 0.15) is 17.2 Å². The van der Waals surface area contributed by atoms with Gasteiger partial charge in [0.1, 0.15) is 6.04 Å². The molecule has 2 aromatic carbocycles. The number of nitrogens with zero attached hydrogens (tertiary/aromatic N) is 4. The van der Waals surface area contributed by atoms with E-state index in [1.165, 1.54) is 0 Å². The lowest BCUT2D eigenvalue weighted by Gasteiger charge is -2.24. The molecule has 7 heteroatoms. The fourth-order valence-electron chi connectivity index (χ4n) is 2.61. The molecule has 1 N–H and O–H groups in total. The third-order valence-corrected chi connectivity index (χ3v) is 4.55. The molecule has 114 valence electrons. The molecule has 0 saturated carbocycles. The fourth-order valence-corrected chi connectivity index (χ4v) is 3.03. The van der Waals surface area contributed by atoms with Gasteiger partial charge < -0.3 is 5.32 Å². The van der Waals surface area contributed by atoms with Crippen LogP contribution in [0, 0.1) is 0 Å². The first-order chi connectivity index (χ1) is 11.2. The maximum atomic E-state index is 6.39. The zero-order valence-corrected chi connectivity index (χ0v) is 13.3. The molecule has 0 aliphatic carbocycles. The SMILES string of the molecule is Clc1cccc(C2C=C(c3ccccc3)Nc3nnnn32)c1Cl. The third-order valence-electron chi connectivity index (χ3n) is 3.71. The molecule has 1 aliphatic heterocycles. The zero-order valence-electron chi connectivity index (χ0n) is 11.8. The van der Waals surface area contributed by atoms with Gasteiger partial charge in [0.15, 0.2) is 0 Å². The van der Waals surface area contributed by atoms with Crippen molar-refractivity contribution in [1.29, 1.82) is 0 Å². The normalized spacial score (nSPS) is 16.4. The van der Waals surface area contributed by atoms with Gasteiger partial charge >= 0.3 is 0 Å². The van der Waals surface area contributed by atoms with E-state index in [9.17, 15) is 0 Å². The van der Waals surface area contributed by atoms with E-state index >= 15 is 0 Å². The maximum Gasteiger partial charge on any atom is 0.248 e. The topological polar surface area (TPSA) is 55.6 Å². The summed E-state index contributed by atoms with van der Waals surface area (Å²) in [4.78, 5) is 0. The van der Waals surface area contributed by atoms with E-state index in [-0.39, 0.29) is 6.04 Å². The number of tetrazole rings is 1. The summed E-state index contributed by atoms with van der Waals surface area (Å²) in [6.45, 7) is 0. The first-order valence-corrected chi connectivity index (χ1v) is 7.75. The van der Waals surface area contributed by atoms with Crippen molar-refractivity contribution in [2.75, 3.05) is 5.32 Å². The Morgan fingerprint density at radius 1 is 1.00 bits per heavy atom. The molecule has 1 atom stereocenters. The van der Waals surface area contributed by atoms with Crippen LogP contribution in [-0.2, 0) is 0 Å². The molecule has 1 aliphatic rings. The lowest BCUT2D eigenvalue weighted by atomic mass is 10.0. The van der Waals surface area contributed by atoms with E-state index in [4.69, 9.17) is 23.2 Å². The van der Waals surface area contributed by atoms with Crippen molar-refractivity contribution in [2.45, 2.75) is 6.04 Å². The van der Waals surface area contributed by atoms with Crippen LogP contribution in [0.2, 0.25) is 10.0 Å². The van der Waals surface area contributed by atoms with Gasteiger partial charge in [-0.3, -0.25) is 0 Å². The second kappa shape index (κ2) is 5.68. The van der Waals surface area contributed by atoms with Gasteiger partial charge in [0.05, 0.1) is 10.0 Å². The minimum Gasteiger partial charge on any atom is -0.323 e. The molecule has 0 amide bonds. The Labute approximate surface area is 142 Å². The van der Waals surface area contributed by atoms with E-state index in [1.54, 1.807) is 10.7 Å². The van der Waals surface area contributed by atoms with Crippen LogP contribution in [0.3, 0.4) is 0 Å². The van der Waals surface area contributed by atoms with Gasteiger partial charge in [0.2, 0.25) is 5.95 Å². The molecule has 1 unspecified atom stereocenters. The first-order valence-electron chi connectivity index (χ1n) is 7.00. The molecule has 0 saturated heterocycles. The monoisotopic (exact) mass is 343 g/mol. The van der Waals surface area contributed by atoms with E-state index in [2.05, 4.69) is 20.8 Å². The van der Waals surface area contributed by atoms with Gasteiger partial charge in [-0.1, -0.05) is 70.8 Å². The van der Waals surface area contributed by atoms with Crippen molar-refractivity contribution in [3.8, 4) is 0 Å². The second-order valence-corrected chi connectivity index (χ2v) is 5.89. The Morgan fingerprint density at radius 3 is 2.65 bits per heavy atom. The quantitative estimate of drug-likeness (QED) is 0.762. The molecule has 23 heavy (non-hydrogen) atoms. The van der Waals surface area contributed by atoms with Crippen LogP contribution in [0.15, 0.2) is 54.6 Å². The molecular weight excluding hydrogens is 333 g/mol. The first kappa shape index (κ1) is 14.2. The van der Waals surface area contributed by atoms with Gasteiger partial charge in [-0.15, -0.1) is 0 Å². The highest BCUT2D eigenvalue weighted by atomic mass is 35.5. The number of allylic oxidation sites excluding steroid dienone is 1. The molecular formula is C16H11Cl2N5. The lowest BCUT2D eigenvalue weighted by molar-refractivity contribution is 0.586. The van der Waals surface area contributed by atoms with Gasteiger partial charge in [-0.25, -0.2) is 0 Å². The Morgan fingerprint density at radius 2 is 1.83 bits per heavy atom. The van der Waals surface area contributed by atoms with E-state index < -0.39 is 0 Å². The highest BCUT2D eigenvalue weighted by Crippen LogP contribution is 2.37.